The van der Waals surface area contributed by atoms with Gasteiger partial charge in [0.25, 0.3) is 0 Å². The fourth-order valence-electron chi connectivity index (χ4n) is 2.63. The molecular weight excluding hydrogens is 290 g/mol. The van der Waals surface area contributed by atoms with E-state index < -0.39 is 0 Å². The van der Waals surface area contributed by atoms with Crippen LogP contribution in [0.3, 0.4) is 0 Å². The number of nitrogens with zero attached hydrogens (tertiary/aromatic N) is 3. The van der Waals surface area contributed by atoms with Crippen LogP contribution in [-0.2, 0) is 0 Å². The number of pyridine rings is 1. The summed E-state index contributed by atoms with van der Waals surface area (Å²) in [5, 5.41) is 10.0. The molecule has 2 aromatic heterocycles. The molecule has 1 unspecified atom stereocenters. The van der Waals surface area contributed by atoms with Crippen LogP contribution in [0.25, 0.3) is 0 Å². The van der Waals surface area contributed by atoms with Crippen molar-refractivity contribution in [3.8, 4) is 0 Å². The maximum atomic E-state index is 6.02. The highest BCUT2D eigenvalue weighted by molar-refractivity contribution is 5.70. The normalized spacial score (nSPS) is 17.7. The lowest BCUT2D eigenvalue weighted by molar-refractivity contribution is 0.393. The van der Waals surface area contributed by atoms with Crippen molar-refractivity contribution in [2.75, 3.05) is 36.0 Å². The number of hydrogen-bond donors (Lipinski definition) is 4. The summed E-state index contributed by atoms with van der Waals surface area (Å²) in [5.41, 5.74) is 8.44. The molecule has 7 heteroatoms. The van der Waals surface area contributed by atoms with E-state index in [4.69, 9.17) is 5.73 Å². The van der Waals surface area contributed by atoms with Crippen molar-refractivity contribution in [1.29, 1.82) is 0 Å². The third-order valence-electron chi connectivity index (χ3n) is 3.95. The summed E-state index contributed by atoms with van der Waals surface area (Å²) in [6.07, 6.45) is 7.54. The van der Waals surface area contributed by atoms with Crippen molar-refractivity contribution in [3.05, 3.63) is 30.4 Å². The monoisotopic (exact) mass is 313 g/mol. The van der Waals surface area contributed by atoms with Crippen LogP contribution < -0.4 is 21.7 Å². The summed E-state index contributed by atoms with van der Waals surface area (Å²) in [6.45, 7) is 4.99. The predicted octanol–water partition coefficient (Wildman–Crippen LogP) is 1.92. The van der Waals surface area contributed by atoms with Crippen molar-refractivity contribution in [2.24, 2.45) is 5.92 Å². The number of aryl methyl sites for hydroxylation is 1. The fraction of sp³-hybridized carbons (Fsp3) is 0.438. The van der Waals surface area contributed by atoms with Crippen LogP contribution in [0.5, 0.6) is 0 Å². The Morgan fingerprint density at radius 2 is 2.09 bits per heavy atom. The van der Waals surface area contributed by atoms with E-state index in [1.54, 1.807) is 18.6 Å². The second-order valence-electron chi connectivity index (χ2n) is 5.92. The molecule has 1 aliphatic heterocycles. The minimum absolute atomic E-state index is 0.635. The van der Waals surface area contributed by atoms with E-state index in [9.17, 15) is 0 Å². The Labute approximate surface area is 136 Å². The average Bonchev–Trinajstić information content (AvgIpc) is 2.58. The standard InChI is InChI=1S/C16H23N7/c1-11-6-21-16(10-19-11)23-15-5-14(13(17)9-22-15)20-8-12-3-2-4-18-7-12/h5-6,9-10,12,18H,2-4,7-8,17H2,1H3,(H2,20,21,22,23). The van der Waals surface area contributed by atoms with Gasteiger partial charge in [-0.2, -0.15) is 0 Å². The van der Waals surface area contributed by atoms with Crippen molar-refractivity contribution in [1.82, 2.24) is 20.3 Å². The first-order valence-electron chi connectivity index (χ1n) is 7.96. The van der Waals surface area contributed by atoms with Crippen LogP contribution in [0.2, 0.25) is 0 Å². The summed E-state index contributed by atoms with van der Waals surface area (Å²) in [6, 6.07) is 1.91. The molecule has 1 atom stereocenters. The second-order valence-corrected chi connectivity index (χ2v) is 5.92. The first-order valence-corrected chi connectivity index (χ1v) is 7.96. The molecule has 1 saturated heterocycles. The van der Waals surface area contributed by atoms with E-state index in [1.807, 2.05) is 13.0 Å². The highest BCUT2D eigenvalue weighted by atomic mass is 15.1. The number of nitrogens with one attached hydrogen (secondary N) is 3. The van der Waals surface area contributed by atoms with Crippen LogP contribution in [0.4, 0.5) is 23.0 Å². The van der Waals surface area contributed by atoms with Gasteiger partial charge in [-0.15, -0.1) is 0 Å². The zero-order valence-corrected chi connectivity index (χ0v) is 13.3. The first-order chi connectivity index (χ1) is 11.2. The molecule has 0 bridgehead atoms. The zero-order valence-electron chi connectivity index (χ0n) is 13.3. The van der Waals surface area contributed by atoms with Gasteiger partial charge >= 0.3 is 0 Å². The number of nitrogen functional groups attached to an aromatic ring is 1. The lowest BCUT2D eigenvalue weighted by Gasteiger charge is -2.23. The Kier molecular flexibility index (Phi) is 4.87. The summed E-state index contributed by atoms with van der Waals surface area (Å²) in [7, 11) is 0. The smallest absolute Gasteiger partial charge is 0.150 e. The topological polar surface area (TPSA) is 101 Å². The maximum absolute atomic E-state index is 6.02. The quantitative estimate of drug-likeness (QED) is 0.669. The summed E-state index contributed by atoms with van der Waals surface area (Å²) in [4.78, 5) is 12.8. The van der Waals surface area contributed by atoms with Gasteiger partial charge in [0.15, 0.2) is 0 Å². The van der Waals surface area contributed by atoms with E-state index in [0.717, 1.165) is 31.0 Å². The van der Waals surface area contributed by atoms with Gasteiger partial charge in [-0.1, -0.05) is 0 Å². The van der Waals surface area contributed by atoms with E-state index in [0.29, 0.717) is 23.2 Å². The number of aromatic nitrogens is 3. The molecule has 0 amide bonds. The molecule has 0 saturated carbocycles. The van der Waals surface area contributed by atoms with E-state index >= 15 is 0 Å². The van der Waals surface area contributed by atoms with Crippen LogP contribution >= 0.6 is 0 Å². The van der Waals surface area contributed by atoms with Gasteiger partial charge in [0.2, 0.25) is 0 Å². The molecule has 7 nitrogen and oxygen atoms in total. The van der Waals surface area contributed by atoms with Gasteiger partial charge in [-0.25, -0.2) is 9.97 Å². The van der Waals surface area contributed by atoms with Crippen molar-refractivity contribution < 1.29 is 0 Å². The first kappa shape index (κ1) is 15.5. The average molecular weight is 313 g/mol. The van der Waals surface area contributed by atoms with E-state index in [-0.39, 0.29) is 0 Å². The molecule has 0 aliphatic carbocycles. The Morgan fingerprint density at radius 3 is 2.83 bits per heavy atom. The zero-order chi connectivity index (χ0) is 16.1. The van der Waals surface area contributed by atoms with Crippen molar-refractivity contribution in [3.63, 3.8) is 0 Å². The molecule has 3 rings (SSSR count). The number of piperidine rings is 1. The van der Waals surface area contributed by atoms with Gasteiger partial charge in [0, 0.05) is 12.6 Å². The maximum Gasteiger partial charge on any atom is 0.150 e. The van der Waals surface area contributed by atoms with Gasteiger partial charge in [-0.3, -0.25) is 4.98 Å². The van der Waals surface area contributed by atoms with Crippen LogP contribution in [0, 0.1) is 12.8 Å². The number of nitrogens with two attached hydrogens (primary N) is 1. The molecular formula is C16H23N7. The van der Waals surface area contributed by atoms with Crippen LogP contribution in [0.1, 0.15) is 18.5 Å². The molecule has 5 N–H and O–H groups in total. The number of rotatable bonds is 5. The largest absolute Gasteiger partial charge is 0.396 e. The molecule has 23 heavy (non-hydrogen) atoms. The van der Waals surface area contributed by atoms with Crippen molar-refractivity contribution >= 4 is 23.0 Å². The van der Waals surface area contributed by atoms with Crippen molar-refractivity contribution in [2.45, 2.75) is 19.8 Å². The molecule has 122 valence electrons. The molecule has 1 aliphatic rings. The van der Waals surface area contributed by atoms with Crippen LogP contribution in [0.15, 0.2) is 24.7 Å². The predicted molar refractivity (Wildman–Crippen MR) is 92.8 cm³/mol. The highest BCUT2D eigenvalue weighted by Crippen LogP contribution is 2.23. The minimum atomic E-state index is 0.635. The van der Waals surface area contributed by atoms with Gasteiger partial charge in [0.1, 0.15) is 11.6 Å². The van der Waals surface area contributed by atoms with Crippen LogP contribution in [-0.4, -0.2) is 34.6 Å². The lowest BCUT2D eigenvalue weighted by atomic mass is 10.00. The van der Waals surface area contributed by atoms with Gasteiger partial charge in [-0.05, 0) is 38.8 Å². The summed E-state index contributed by atoms with van der Waals surface area (Å²) < 4.78 is 0. The van der Waals surface area contributed by atoms with Gasteiger partial charge < -0.3 is 21.7 Å². The molecule has 0 spiro atoms. The lowest BCUT2D eigenvalue weighted by Crippen LogP contribution is -2.33. The molecule has 0 aromatic carbocycles. The fourth-order valence-corrected chi connectivity index (χ4v) is 2.63. The third kappa shape index (κ3) is 4.29. The Balaban J connectivity index is 1.64. The highest BCUT2D eigenvalue weighted by Gasteiger charge is 2.13. The molecule has 0 radical (unpaired) electrons. The third-order valence-corrected chi connectivity index (χ3v) is 3.95. The summed E-state index contributed by atoms with van der Waals surface area (Å²) in [5.74, 6) is 1.99. The number of hydrogen-bond acceptors (Lipinski definition) is 7. The number of anilines is 4. The Hall–Kier alpha value is -2.41. The summed E-state index contributed by atoms with van der Waals surface area (Å²) >= 11 is 0. The molecule has 2 aromatic rings. The molecule has 3 heterocycles. The van der Waals surface area contributed by atoms with Gasteiger partial charge in [0.05, 0.1) is 35.7 Å². The second kappa shape index (κ2) is 7.23. The Bertz CT molecular complexity index is 635. The minimum Gasteiger partial charge on any atom is -0.396 e. The van der Waals surface area contributed by atoms with E-state index in [1.165, 1.54) is 12.8 Å². The van der Waals surface area contributed by atoms with E-state index in [2.05, 4.69) is 30.9 Å². The molecule has 1 fully saturated rings. The Morgan fingerprint density at radius 1 is 1.22 bits per heavy atom. The SMILES string of the molecule is Cc1cnc(Nc2cc(NCC3CCCNC3)c(N)cn2)cn1.